The average molecular weight is 464 g/mol. The van der Waals surface area contributed by atoms with Crippen molar-refractivity contribution in [2.75, 3.05) is 22.9 Å². The van der Waals surface area contributed by atoms with Gasteiger partial charge in [0, 0.05) is 27.9 Å². The number of piperidine rings is 1. The molecule has 3 heterocycles. The molecule has 0 N–H and O–H groups in total. The summed E-state index contributed by atoms with van der Waals surface area (Å²) in [6, 6.07) is 13.0. The molecule has 8 heteroatoms. The number of halogens is 4. The Morgan fingerprint density at radius 2 is 1.63 bits per heavy atom. The predicted molar refractivity (Wildman–Crippen MR) is 119 cm³/mol. The van der Waals surface area contributed by atoms with E-state index in [0.717, 1.165) is 29.1 Å². The topological polar surface area (TPSA) is 19.4 Å². The molecule has 0 aliphatic carbocycles. The number of rotatable bonds is 2. The highest BCUT2D eigenvalue weighted by molar-refractivity contribution is 7.99. The maximum Gasteiger partial charge on any atom is 0.235 e. The monoisotopic (exact) mass is 463 g/mol. The molecule has 5 rings (SSSR count). The third-order valence-electron chi connectivity index (χ3n) is 5.36. The first-order valence-corrected chi connectivity index (χ1v) is 11.3. The number of hydrogen-bond donors (Lipinski definition) is 0. The number of hydrogen-bond acceptors (Lipinski definition) is 4. The summed E-state index contributed by atoms with van der Waals surface area (Å²) in [4.78, 5) is 9.12. The number of para-hydroxylation sites is 1. The minimum Gasteiger partial charge on any atom is -0.354 e. The van der Waals surface area contributed by atoms with Gasteiger partial charge in [0.25, 0.3) is 0 Å². The molecule has 154 valence electrons. The van der Waals surface area contributed by atoms with Crippen LogP contribution >= 0.6 is 35.0 Å². The van der Waals surface area contributed by atoms with Crippen molar-refractivity contribution in [1.29, 1.82) is 0 Å². The second-order valence-electron chi connectivity index (χ2n) is 7.27. The molecule has 0 saturated carbocycles. The minimum absolute atomic E-state index is 0.00545. The molecular weight excluding hydrogens is 447 g/mol. The van der Waals surface area contributed by atoms with E-state index in [2.05, 4.69) is 4.98 Å². The van der Waals surface area contributed by atoms with E-state index in [1.807, 2.05) is 30.3 Å². The van der Waals surface area contributed by atoms with Crippen molar-refractivity contribution in [2.24, 2.45) is 0 Å². The van der Waals surface area contributed by atoms with E-state index in [1.165, 1.54) is 0 Å². The summed E-state index contributed by atoms with van der Waals surface area (Å²) < 4.78 is 30.8. The van der Waals surface area contributed by atoms with Crippen LogP contribution in [0.5, 0.6) is 0 Å². The zero-order valence-electron chi connectivity index (χ0n) is 15.8. The van der Waals surface area contributed by atoms with Gasteiger partial charge < -0.3 is 9.80 Å². The molecule has 2 aromatic carbocycles. The third-order valence-corrected chi connectivity index (χ3v) is 7.06. The van der Waals surface area contributed by atoms with E-state index in [1.54, 1.807) is 33.7 Å². The molecule has 0 amide bonds. The van der Waals surface area contributed by atoms with E-state index in [-0.39, 0.29) is 16.5 Å². The van der Waals surface area contributed by atoms with Crippen molar-refractivity contribution >= 4 is 57.8 Å². The second kappa shape index (κ2) is 7.91. The summed E-state index contributed by atoms with van der Waals surface area (Å²) in [5.41, 5.74) is 1.33. The zero-order chi connectivity index (χ0) is 20.8. The largest absolute Gasteiger partial charge is 0.354 e. The Morgan fingerprint density at radius 3 is 2.43 bits per heavy atom. The Bertz CT molecular complexity index is 1140. The van der Waals surface area contributed by atoms with E-state index in [4.69, 9.17) is 23.2 Å². The lowest BCUT2D eigenvalue weighted by Crippen LogP contribution is -2.32. The number of pyridine rings is 1. The van der Waals surface area contributed by atoms with Crippen molar-refractivity contribution in [3.05, 3.63) is 64.3 Å². The maximum absolute atomic E-state index is 15.9. The van der Waals surface area contributed by atoms with Crippen molar-refractivity contribution in [1.82, 2.24) is 4.98 Å². The summed E-state index contributed by atoms with van der Waals surface area (Å²) in [6.45, 7) is 1.28. The second-order valence-corrected chi connectivity index (χ2v) is 9.17. The standard InChI is InChI=1S/C22H17Cl2F2N3S/c23-13-8-9-17-15(12-13)29(14-6-2-3-7-16(14)30-17)20-18(24)21(26)27-22(19(20)25)28-10-4-1-5-11-28/h2-3,6-9,12H,1,4-5,10-11H2. The van der Waals surface area contributed by atoms with Crippen molar-refractivity contribution < 1.29 is 8.78 Å². The molecule has 0 unspecified atom stereocenters. The lowest BCUT2D eigenvalue weighted by atomic mass is 10.1. The van der Waals surface area contributed by atoms with Gasteiger partial charge >= 0.3 is 0 Å². The van der Waals surface area contributed by atoms with Gasteiger partial charge in [-0.15, -0.1) is 0 Å². The van der Waals surface area contributed by atoms with Crippen LogP contribution in [0.25, 0.3) is 0 Å². The molecule has 3 aromatic rings. The summed E-state index contributed by atoms with van der Waals surface area (Å²) in [6.07, 6.45) is 2.91. The van der Waals surface area contributed by atoms with Gasteiger partial charge in [-0.2, -0.15) is 9.37 Å². The molecule has 2 aliphatic rings. The quantitative estimate of drug-likeness (QED) is 0.285. The number of benzene rings is 2. The van der Waals surface area contributed by atoms with Crippen LogP contribution in [0.1, 0.15) is 19.3 Å². The number of anilines is 4. The van der Waals surface area contributed by atoms with Gasteiger partial charge in [0.05, 0.1) is 11.4 Å². The Labute approximate surface area is 187 Å². The van der Waals surface area contributed by atoms with Crippen LogP contribution in [0.3, 0.4) is 0 Å². The van der Waals surface area contributed by atoms with E-state index in [0.29, 0.717) is 29.5 Å². The van der Waals surface area contributed by atoms with Gasteiger partial charge in [-0.25, -0.2) is 4.39 Å². The Kier molecular flexibility index (Phi) is 5.25. The van der Waals surface area contributed by atoms with Crippen molar-refractivity contribution in [3.8, 4) is 0 Å². The fraction of sp³-hybridized carbons (Fsp3) is 0.227. The average Bonchev–Trinajstić information content (AvgIpc) is 2.76. The predicted octanol–water partition coefficient (Wildman–Crippen LogP) is 7.59. The molecule has 0 atom stereocenters. The van der Waals surface area contributed by atoms with Gasteiger partial charge in [-0.1, -0.05) is 47.1 Å². The van der Waals surface area contributed by atoms with Gasteiger partial charge in [-0.3, -0.25) is 0 Å². The molecule has 0 radical (unpaired) electrons. The van der Waals surface area contributed by atoms with Gasteiger partial charge in [-0.05, 0) is 49.6 Å². The first kappa shape index (κ1) is 19.9. The fourth-order valence-electron chi connectivity index (χ4n) is 3.97. The van der Waals surface area contributed by atoms with Crippen LogP contribution < -0.4 is 9.80 Å². The molecule has 0 bridgehead atoms. The fourth-order valence-corrected chi connectivity index (χ4v) is 5.39. The molecule has 1 fully saturated rings. The molecule has 30 heavy (non-hydrogen) atoms. The Hall–Kier alpha value is -2.02. The van der Waals surface area contributed by atoms with Crippen molar-refractivity contribution in [3.63, 3.8) is 0 Å². The highest BCUT2D eigenvalue weighted by Crippen LogP contribution is 2.54. The SMILES string of the molecule is Fc1nc(N2CCCCC2)c(F)c(N2c3ccccc3Sc3ccc(Cl)cc32)c1Cl. The minimum atomic E-state index is -0.882. The normalized spacial score (nSPS) is 15.7. The first-order valence-electron chi connectivity index (χ1n) is 9.70. The van der Waals surface area contributed by atoms with E-state index < -0.39 is 11.8 Å². The van der Waals surface area contributed by atoms with E-state index >= 15 is 4.39 Å². The highest BCUT2D eigenvalue weighted by Gasteiger charge is 2.33. The zero-order valence-corrected chi connectivity index (χ0v) is 18.2. The van der Waals surface area contributed by atoms with Crippen LogP contribution in [0, 0.1) is 11.8 Å². The molecule has 1 saturated heterocycles. The molecule has 2 aliphatic heterocycles. The number of fused-ring (bicyclic) bond motifs is 2. The molecule has 3 nitrogen and oxygen atoms in total. The van der Waals surface area contributed by atoms with Crippen LogP contribution in [0.2, 0.25) is 10.0 Å². The maximum atomic E-state index is 15.9. The molecule has 1 aromatic heterocycles. The summed E-state index contributed by atoms with van der Waals surface area (Å²) in [7, 11) is 0. The van der Waals surface area contributed by atoms with Crippen LogP contribution in [0.4, 0.5) is 31.7 Å². The lowest BCUT2D eigenvalue weighted by molar-refractivity contribution is 0.527. The van der Waals surface area contributed by atoms with Crippen LogP contribution in [0.15, 0.2) is 52.3 Å². The Morgan fingerprint density at radius 1 is 0.900 bits per heavy atom. The Balaban J connectivity index is 1.76. The molecular formula is C22H17Cl2F2N3S. The number of aromatic nitrogens is 1. The highest BCUT2D eigenvalue weighted by atomic mass is 35.5. The summed E-state index contributed by atoms with van der Waals surface area (Å²) in [5, 5.41) is 0.155. The summed E-state index contributed by atoms with van der Waals surface area (Å²) >= 11 is 14.2. The smallest absolute Gasteiger partial charge is 0.235 e. The van der Waals surface area contributed by atoms with Crippen LogP contribution in [-0.2, 0) is 0 Å². The van der Waals surface area contributed by atoms with Gasteiger partial charge in [0.15, 0.2) is 11.6 Å². The lowest BCUT2D eigenvalue weighted by Gasteiger charge is -2.35. The summed E-state index contributed by atoms with van der Waals surface area (Å²) in [5.74, 6) is -1.50. The number of nitrogens with zero attached hydrogens (tertiary/aromatic N) is 3. The van der Waals surface area contributed by atoms with Gasteiger partial charge in [0.1, 0.15) is 10.7 Å². The third kappa shape index (κ3) is 3.31. The van der Waals surface area contributed by atoms with E-state index in [9.17, 15) is 4.39 Å². The first-order chi connectivity index (χ1) is 14.5. The van der Waals surface area contributed by atoms with Crippen LogP contribution in [-0.4, -0.2) is 18.1 Å². The molecule has 0 spiro atoms. The van der Waals surface area contributed by atoms with Crippen molar-refractivity contribution in [2.45, 2.75) is 29.1 Å². The van der Waals surface area contributed by atoms with Gasteiger partial charge in [0.2, 0.25) is 5.95 Å².